The first-order valence-electron chi connectivity index (χ1n) is 7.37. The maximum atomic E-state index is 10.7. The van der Waals surface area contributed by atoms with Crippen molar-refractivity contribution in [1.29, 1.82) is 0 Å². The molecule has 108 valence electrons. The summed E-state index contributed by atoms with van der Waals surface area (Å²) in [5, 5.41) is 14.9. The third kappa shape index (κ3) is 3.18. The fourth-order valence-corrected chi connectivity index (χ4v) is 3.42. The number of hydrogen-bond acceptors (Lipinski definition) is 3. The van der Waals surface area contributed by atoms with Gasteiger partial charge in [-0.25, -0.2) is 0 Å². The summed E-state index contributed by atoms with van der Waals surface area (Å²) in [5.41, 5.74) is 1.20. The average Bonchev–Trinajstić information content (AvgIpc) is 2.82. The summed E-state index contributed by atoms with van der Waals surface area (Å²) >= 11 is 0. The Kier molecular flexibility index (Phi) is 4.63. The van der Waals surface area contributed by atoms with Gasteiger partial charge in [-0.3, -0.25) is 4.68 Å². The summed E-state index contributed by atoms with van der Waals surface area (Å²) < 4.78 is 1.82. The van der Waals surface area contributed by atoms with Gasteiger partial charge in [0.05, 0.1) is 12.3 Å². The topological polar surface area (TPSA) is 41.3 Å². The largest absolute Gasteiger partial charge is 0.391 e. The van der Waals surface area contributed by atoms with Gasteiger partial charge in [-0.15, -0.1) is 0 Å². The summed E-state index contributed by atoms with van der Waals surface area (Å²) in [4.78, 5) is 2.25. The van der Waals surface area contributed by atoms with Gasteiger partial charge in [0.1, 0.15) is 0 Å². The third-order valence-electron chi connectivity index (χ3n) is 4.70. The smallest absolute Gasteiger partial charge is 0.0726 e. The number of rotatable bonds is 5. The standard InChI is InChI=1S/C15H27N3O/c1-17(2)15(9-5-4-6-10-15)14(19)8-7-13-11-16-18(3)12-13/h11-12,14,19H,4-10H2,1-3H3. The molecule has 0 saturated heterocycles. The second kappa shape index (κ2) is 6.06. The SMILES string of the molecule is CN(C)C1(C(O)CCc2cnn(C)c2)CCCCC1. The maximum absolute atomic E-state index is 10.7. The number of aliphatic hydroxyl groups excluding tert-OH is 1. The minimum Gasteiger partial charge on any atom is -0.391 e. The summed E-state index contributed by atoms with van der Waals surface area (Å²) in [7, 11) is 6.15. The number of nitrogens with zero attached hydrogens (tertiary/aromatic N) is 3. The zero-order valence-corrected chi connectivity index (χ0v) is 12.5. The van der Waals surface area contributed by atoms with E-state index in [1.54, 1.807) is 0 Å². The first-order valence-corrected chi connectivity index (χ1v) is 7.37. The van der Waals surface area contributed by atoms with Crippen molar-refractivity contribution in [2.75, 3.05) is 14.1 Å². The molecular formula is C15H27N3O. The van der Waals surface area contributed by atoms with E-state index in [1.165, 1.54) is 24.8 Å². The van der Waals surface area contributed by atoms with Crippen LogP contribution in [0.15, 0.2) is 12.4 Å². The molecule has 4 heteroatoms. The van der Waals surface area contributed by atoms with E-state index >= 15 is 0 Å². The lowest BCUT2D eigenvalue weighted by Gasteiger charge is -2.46. The molecule has 1 aliphatic rings. The number of hydrogen-bond donors (Lipinski definition) is 1. The molecule has 1 aromatic heterocycles. The first-order chi connectivity index (χ1) is 9.04. The second-order valence-corrected chi connectivity index (χ2v) is 6.14. The minimum atomic E-state index is -0.247. The highest BCUT2D eigenvalue weighted by Gasteiger charge is 2.40. The molecule has 4 nitrogen and oxygen atoms in total. The number of aliphatic hydroxyl groups is 1. The number of aromatic nitrogens is 2. The van der Waals surface area contributed by atoms with Crippen molar-refractivity contribution < 1.29 is 5.11 Å². The van der Waals surface area contributed by atoms with E-state index in [4.69, 9.17) is 0 Å². The van der Waals surface area contributed by atoms with E-state index in [9.17, 15) is 5.11 Å². The molecule has 1 heterocycles. The van der Waals surface area contributed by atoms with Gasteiger partial charge in [0.25, 0.3) is 0 Å². The average molecular weight is 265 g/mol. The van der Waals surface area contributed by atoms with Crippen molar-refractivity contribution in [2.45, 2.75) is 56.6 Å². The van der Waals surface area contributed by atoms with Gasteiger partial charge in [-0.2, -0.15) is 5.10 Å². The van der Waals surface area contributed by atoms with Crippen LogP contribution in [0.25, 0.3) is 0 Å². The fraction of sp³-hybridized carbons (Fsp3) is 0.800. The summed E-state index contributed by atoms with van der Waals surface area (Å²) in [6, 6.07) is 0. The van der Waals surface area contributed by atoms with Crippen molar-refractivity contribution in [3.8, 4) is 0 Å². The molecule has 0 spiro atoms. The Morgan fingerprint density at radius 3 is 2.58 bits per heavy atom. The molecular weight excluding hydrogens is 238 g/mol. The highest BCUT2D eigenvalue weighted by molar-refractivity contribution is 5.05. The van der Waals surface area contributed by atoms with Crippen LogP contribution in [0.2, 0.25) is 0 Å². The molecule has 1 fully saturated rings. The molecule has 1 aromatic rings. The van der Waals surface area contributed by atoms with E-state index in [0.29, 0.717) is 0 Å². The second-order valence-electron chi connectivity index (χ2n) is 6.14. The Morgan fingerprint density at radius 1 is 1.37 bits per heavy atom. The van der Waals surface area contributed by atoms with Crippen molar-refractivity contribution >= 4 is 0 Å². The Hall–Kier alpha value is -0.870. The lowest BCUT2D eigenvalue weighted by molar-refractivity contribution is -0.0353. The molecule has 0 aliphatic heterocycles. The van der Waals surface area contributed by atoms with Crippen LogP contribution in [0.3, 0.4) is 0 Å². The zero-order valence-electron chi connectivity index (χ0n) is 12.5. The van der Waals surface area contributed by atoms with E-state index in [-0.39, 0.29) is 11.6 Å². The number of likely N-dealkylation sites (N-methyl/N-ethyl adjacent to an activating group) is 1. The van der Waals surface area contributed by atoms with Crippen molar-refractivity contribution in [2.24, 2.45) is 7.05 Å². The number of aryl methyl sites for hydroxylation is 2. The van der Waals surface area contributed by atoms with Gasteiger partial charge >= 0.3 is 0 Å². The van der Waals surface area contributed by atoms with Crippen LogP contribution in [-0.2, 0) is 13.5 Å². The molecule has 0 aromatic carbocycles. The minimum absolute atomic E-state index is 0.0134. The predicted molar refractivity (Wildman–Crippen MR) is 77.0 cm³/mol. The van der Waals surface area contributed by atoms with E-state index in [2.05, 4.69) is 24.1 Å². The first kappa shape index (κ1) is 14.5. The van der Waals surface area contributed by atoms with Gasteiger partial charge in [-0.1, -0.05) is 19.3 Å². The van der Waals surface area contributed by atoms with Crippen molar-refractivity contribution in [3.63, 3.8) is 0 Å². The van der Waals surface area contributed by atoms with Crippen LogP contribution in [-0.4, -0.2) is 45.5 Å². The molecule has 2 rings (SSSR count). The Labute approximate surface area is 116 Å². The van der Waals surface area contributed by atoms with Crippen LogP contribution < -0.4 is 0 Å². The quantitative estimate of drug-likeness (QED) is 0.885. The molecule has 1 atom stereocenters. The zero-order chi connectivity index (χ0) is 13.9. The van der Waals surface area contributed by atoms with Gasteiger partial charge in [0.15, 0.2) is 0 Å². The Morgan fingerprint density at radius 2 is 2.05 bits per heavy atom. The molecule has 0 bridgehead atoms. The molecule has 0 radical (unpaired) electrons. The van der Waals surface area contributed by atoms with Crippen LogP contribution in [0, 0.1) is 0 Å². The molecule has 1 unspecified atom stereocenters. The summed E-state index contributed by atoms with van der Waals surface area (Å²) in [5.74, 6) is 0. The Bertz CT molecular complexity index is 394. The Balaban J connectivity index is 1.97. The van der Waals surface area contributed by atoms with E-state index in [1.807, 2.05) is 24.1 Å². The van der Waals surface area contributed by atoms with E-state index < -0.39 is 0 Å². The molecule has 19 heavy (non-hydrogen) atoms. The highest BCUT2D eigenvalue weighted by atomic mass is 16.3. The molecule has 1 aliphatic carbocycles. The lowest BCUT2D eigenvalue weighted by Crippen LogP contribution is -2.54. The van der Waals surface area contributed by atoms with Crippen LogP contribution in [0.5, 0.6) is 0 Å². The monoisotopic (exact) mass is 265 g/mol. The van der Waals surface area contributed by atoms with Crippen molar-refractivity contribution in [1.82, 2.24) is 14.7 Å². The van der Waals surface area contributed by atoms with Gasteiger partial charge < -0.3 is 10.0 Å². The highest BCUT2D eigenvalue weighted by Crippen LogP contribution is 2.36. The fourth-order valence-electron chi connectivity index (χ4n) is 3.42. The molecule has 1 N–H and O–H groups in total. The van der Waals surface area contributed by atoms with Gasteiger partial charge in [0, 0.05) is 18.8 Å². The normalized spacial score (nSPS) is 20.7. The summed E-state index contributed by atoms with van der Waals surface area (Å²) in [6.07, 6.45) is 11.4. The molecule has 0 amide bonds. The maximum Gasteiger partial charge on any atom is 0.0726 e. The lowest BCUT2D eigenvalue weighted by atomic mass is 9.75. The van der Waals surface area contributed by atoms with Crippen molar-refractivity contribution in [3.05, 3.63) is 18.0 Å². The van der Waals surface area contributed by atoms with Gasteiger partial charge in [0.2, 0.25) is 0 Å². The predicted octanol–water partition coefficient (Wildman–Crippen LogP) is 1.98. The van der Waals surface area contributed by atoms with Crippen LogP contribution >= 0.6 is 0 Å². The van der Waals surface area contributed by atoms with Crippen LogP contribution in [0.4, 0.5) is 0 Å². The summed E-state index contributed by atoms with van der Waals surface area (Å²) in [6.45, 7) is 0. The third-order valence-corrected chi connectivity index (χ3v) is 4.70. The van der Waals surface area contributed by atoms with E-state index in [0.717, 1.165) is 25.7 Å². The van der Waals surface area contributed by atoms with Gasteiger partial charge in [-0.05, 0) is 45.3 Å². The molecule has 1 saturated carbocycles. The van der Waals surface area contributed by atoms with Crippen LogP contribution in [0.1, 0.15) is 44.1 Å².